The van der Waals surface area contributed by atoms with Crippen molar-refractivity contribution in [1.82, 2.24) is 14.5 Å². The third kappa shape index (κ3) is 3.95. The molecular weight excluding hydrogens is 336 g/mol. The Kier molecular flexibility index (Phi) is 4.95. The second kappa shape index (κ2) is 7.31. The number of imidazole rings is 1. The Morgan fingerprint density at radius 2 is 1.92 bits per heavy atom. The Morgan fingerprint density at radius 3 is 2.56 bits per heavy atom. The van der Waals surface area contributed by atoms with E-state index in [1.54, 1.807) is 25.4 Å². The maximum absolute atomic E-state index is 12.3. The summed E-state index contributed by atoms with van der Waals surface area (Å²) in [6, 6.07) is 9.72. The van der Waals surface area contributed by atoms with Gasteiger partial charge in [0.1, 0.15) is 12.2 Å². The number of nitrogens with zero attached hydrogens (tertiary/aromatic N) is 3. The van der Waals surface area contributed by atoms with Crippen LogP contribution < -0.4 is 5.32 Å². The SMILES string of the molecule is CN(C)C(=O)c1cncn1CC(=O)Nc1ccc(-c2ccsc2)cc1. The predicted molar refractivity (Wildman–Crippen MR) is 98.6 cm³/mol. The van der Waals surface area contributed by atoms with Crippen LogP contribution in [-0.2, 0) is 11.3 Å². The molecule has 0 aliphatic carbocycles. The maximum atomic E-state index is 12.3. The van der Waals surface area contributed by atoms with Gasteiger partial charge < -0.3 is 14.8 Å². The van der Waals surface area contributed by atoms with Gasteiger partial charge in [0, 0.05) is 19.8 Å². The lowest BCUT2D eigenvalue weighted by molar-refractivity contribution is -0.116. The van der Waals surface area contributed by atoms with Crippen molar-refractivity contribution in [3.63, 3.8) is 0 Å². The highest BCUT2D eigenvalue weighted by molar-refractivity contribution is 7.08. The number of aromatic nitrogens is 2. The molecule has 0 aliphatic heterocycles. The third-order valence-electron chi connectivity index (χ3n) is 3.67. The van der Waals surface area contributed by atoms with E-state index in [4.69, 9.17) is 0 Å². The Bertz CT molecular complexity index is 867. The molecule has 0 atom stereocenters. The van der Waals surface area contributed by atoms with Crippen LogP contribution >= 0.6 is 11.3 Å². The average molecular weight is 354 g/mol. The second-order valence-corrected chi connectivity index (χ2v) is 6.52. The van der Waals surface area contributed by atoms with E-state index < -0.39 is 0 Å². The van der Waals surface area contributed by atoms with Crippen LogP contribution in [0.25, 0.3) is 11.1 Å². The zero-order valence-corrected chi connectivity index (χ0v) is 14.8. The number of hydrogen-bond donors (Lipinski definition) is 1. The number of carbonyl (C=O) groups is 2. The third-order valence-corrected chi connectivity index (χ3v) is 4.36. The fourth-order valence-electron chi connectivity index (χ4n) is 2.38. The van der Waals surface area contributed by atoms with E-state index in [9.17, 15) is 9.59 Å². The molecule has 0 spiro atoms. The highest BCUT2D eigenvalue weighted by Crippen LogP contribution is 2.23. The summed E-state index contributed by atoms with van der Waals surface area (Å²) >= 11 is 1.65. The van der Waals surface area contributed by atoms with Crippen LogP contribution in [0, 0.1) is 0 Å². The number of hydrogen-bond acceptors (Lipinski definition) is 4. The molecule has 3 rings (SSSR count). The van der Waals surface area contributed by atoms with E-state index in [-0.39, 0.29) is 18.4 Å². The van der Waals surface area contributed by atoms with Crippen molar-refractivity contribution in [2.75, 3.05) is 19.4 Å². The van der Waals surface area contributed by atoms with Gasteiger partial charge in [-0.25, -0.2) is 4.98 Å². The molecule has 6 nitrogen and oxygen atoms in total. The van der Waals surface area contributed by atoms with E-state index in [2.05, 4.69) is 21.7 Å². The van der Waals surface area contributed by atoms with E-state index in [1.807, 2.05) is 29.6 Å². The normalized spacial score (nSPS) is 10.5. The summed E-state index contributed by atoms with van der Waals surface area (Å²) in [7, 11) is 3.32. The van der Waals surface area contributed by atoms with Gasteiger partial charge in [-0.2, -0.15) is 11.3 Å². The van der Waals surface area contributed by atoms with Crippen molar-refractivity contribution >= 4 is 28.8 Å². The number of rotatable bonds is 5. The van der Waals surface area contributed by atoms with Gasteiger partial charge in [-0.3, -0.25) is 9.59 Å². The first-order valence-electron chi connectivity index (χ1n) is 7.69. The Balaban J connectivity index is 1.65. The zero-order valence-electron chi connectivity index (χ0n) is 14.0. The van der Waals surface area contributed by atoms with Crippen LogP contribution in [0.1, 0.15) is 10.5 Å². The summed E-state index contributed by atoms with van der Waals surface area (Å²) in [5.74, 6) is -0.403. The molecule has 2 amide bonds. The second-order valence-electron chi connectivity index (χ2n) is 5.74. The lowest BCUT2D eigenvalue weighted by Crippen LogP contribution is -2.27. The number of carbonyl (C=O) groups excluding carboxylic acids is 2. The predicted octanol–water partition coefficient (Wildman–Crippen LogP) is 2.95. The highest BCUT2D eigenvalue weighted by atomic mass is 32.1. The Hall–Kier alpha value is -2.93. The number of anilines is 1. The molecule has 1 aromatic carbocycles. The highest BCUT2D eigenvalue weighted by Gasteiger charge is 2.15. The van der Waals surface area contributed by atoms with Crippen LogP contribution in [0.4, 0.5) is 5.69 Å². The smallest absolute Gasteiger partial charge is 0.271 e. The van der Waals surface area contributed by atoms with Crippen LogP contribution in [0.2, 0.25) is 0 Å². The van der Waals surface area contributed by atoms with Crippen molar-refractivity contribution in [2.45, 2.75) is 6.54 Å². The van der Waals surface area contributed by atoms with E-state index >= 15 is 0 Å². The van der Waals surface area contributed by atoms with Gasteiger partial charge >= 0.3 is 0 Å². The first kappa shape index (κ1) is 16.9. The standard InChI is InChI=1S/C18H18N4O2S/c1-21(2)18(24)16-9-19-12-22(16)10-17(23)20-15-5-3-13(4-6-15)14-7-8-25-11-14/h3-9,11-12H,10H2,1-2H3,(H,20,23). The molecule has 1 N–H and O–H groups in total. The number of thiophene rings is 1. The van der Waals surface area contributed by atoms with Crippen LogP contribution in [0.5, 0.6) is 0 Å². The largest absolute Gasteiger partial charge is 0.343 e. The van der Waals surface area contributed by atoms with Gasteiger partial charge in [-0.15, -0.1) is 0 Å². The quantitative estimate of drug-likeness (QED) is 0.766. The lowest BCUT2D eigenvalue weighted by atomic mass is 10.1. The van der Waals surface area contributed by atoms with Crippen LogP contribution in [0.3, 0.4) is 0 Å². The Labute approximate surface area is 149 Å². The fraction of sp³-hybridized carbons (Fsp3) is 0.167. The van der Waals surface area contributed by atoms with E-state index in [0.29, 0.717) is 11.4 Å². The summed E-state index contributed by atoms with van der Waals surface area (Å²) in [5.41, 5.74) is 3.36. The molecule has 0 bridgehead atoms. The lowest BCUT2D eigenvalue weighted by Gasteiger charge is -2.12. The molecular formula is C18H18N4O2S. The minimum Gasteiger partial charge on any atom is -0.343 e. The minimum atomic E-state index is -0.214. The average Bonchev–Trinajstić information content (AvgIpc) is 3.26. The first-order chi connectivity index (χ1) is 12.0. The molecule has 0 saturated carbocycles. The number of nitrogens with one attached hydrogen (secondary N) is 1. The number of benzene rings is 1. The van der Waals surface area contributed by atoms with E-state index in [0.717, 1.165) is 11.1 Å². The number of amides is 2. The van der Waals surface area contributed by atoms with Gasteiger partial charge in [0.25, 0.3) is 5.91 Å². The van der Waals surface area contributed by atoms with Crippen molar-refractivity contribution < 1.29 is 9.59 Å². The molecule has 3 aromatic rings. The van der Waals surface area contributed by atoms with Crippen molar-refractivity contribution in [3.05, 3.63) is 59.3 Å². The molecule has 0 saturated heterocycles. The molecule has 2 aromatic heterocycles. The van der Waals surface area contributed by atoms with Crippen molar-refractivity contribution in [1.29, 1.82) is 0 Å². The Morgan fingerprint density at radius 1 is 1.16 bits per heavy atom. The fourth-order valence-corrected chi connectivity index (χ4v) is 3.05. The molecule has 2 heterocycles. The summed E-state index contributed by atoms with van der Waals surface area (Å²) in [6.45, 7) is 0.0290. The molecule has 128 valence electrons. The molecule has 0 aliphatic rings. The summed E-state index contributed by atoms with van der Waals surface area (Å²) < 4.78 is 1.54. The van der Waals surface area contributed by atoms with Crippen LogP contribution in [-0.4, -0.2) is 40.4 Å². The maximum Gasteiger partial charge on any atom is 0.271 e. The van der Waals surface area contributed by atoms with Gasteiger partial charge in [-0.1, -0.05) is 12.1 Å². The van der Waals surface area contributed by atoms with E-state index in [1.165, 1.54) is 22.0 Å². The molecule has 7 heteroatoms. The molecule has 0 radical (unpaired) electrons. The van der Waals surface area contributed by atoms with Gasteiger partial charge in [0.05, 0.1) is 12.5 Å². The van der Waals surface area contributed by atoms with Crippen molar-refractivity contribution in [3.8, 4) is 11.1 Å². The molecule has 25 heavy (non-hydrogen) atoms. The topological polar surface area (TPSA) is 67.2 Å². The zero-order chi connectivity index (χ0) is 17.8. The first-order valence-corrected chi connectivity index (χ1v) is 8.63. The van der Waals surface area contributed by atoms with Gasteiger partial charge in [0.2, 0.25) is 5.91 Å². The summed E-state index contributed by atoms with van der Waals surface area (Å²) in [5, 5.41) is 6.95. The van der Waals surface area contributed by atoms with Crippen molar-refractivity contribution in [2.24, 2.45) is 0 Å². The minimum absolute atomic E-state index is 0.0290. The van der Waals surface area contributed by atoms with Crippen LogP contribution in [0.15, 0.2) is 53.6 Å². The van der Waals surface area contributed by atoms with Gasteiger partial charge in [-0.05, 0) is 40.1 Å². The summed E-state index contributed by atoms with van der Waals surface area (Å²) in [4.78, 5) is 29.7. The van der Waals surface area contributed by atoms with Gasteiger partial charge in [0.15, 0.2) is 0 Å². The summed E-state index contributed by atoms with van der Waals surface area (Å²) in [6.07, 6.45) is 2.95. The molecule has 0 fully saturated rings. The molecule has 0 unspecified atom stereocenters. The monoisotopic (exact) mass is 354 g/mol.